The number of benzene rings is 1. The zero-order chi connectivity index (χ0) is 18.6. The molecule has 26 heavy (non-hydrogen) atoms. The number of anilines is 1. The molecule has 0 radical (unpaired) electrons. The van der Waals surface area contributed by atoms with Crippen LogP contribution in [0.4, 0.5) is 5.82 Å². The fraction of sp³-hybridized carbons (Fsp3) is 0.250. The van der Waals surface area contributed by atoms with Crippen molar-refractivity contribution >= 4 is 11.8 Å². The molecule has 0 fully saturated rings. The number of nitrogens with zero attached hydrogens (tertiary/aromatic N) is 1. The predicted octanol–water partition coefficient (Wildman–Crippen LogP) is 3.96. The van der Waals surface area contributed by atoms with Crippen LogP contribution in [0, 0.1) is 13.8 Å². The van der Waals surface area contributed by atoms with Crippen LogP contribution in [0.5, 0.6) is 5.75 Å². The summed E-state index contributed by atoms with van der Waals surface area (Å²) < 4.78 is 7.62. The third-order valence-electron chi connectivity index (χ3n) is 5.13. The van der Waals surface area contributed by atoms with E-state index in [1.54, 1.807) is 26.0 Å². The summed E-state index contributed by atoms with van der Waals surface area (Å²) in [5.41, 5.74) is 11.7. The summed E-state index contributed by atoms with van der Waals surface area (Å²) in [6.45, 7) is 4.35. The molecule has 1 aliphatic rings. The Balaban J connectivity index is 2.04. The molecule has 6 heteroatoms. The molecule has 4 N–H and O–H groups in total. The van der Waals surface area contributed by atoms with Gasteiger partial charge in [-0.1, -0.05) is 12.1 Å². The molecule has 6 nitrogen and oxygen atoms in total. The van der Waals surface area contributed by atoms with Crippen molar-refractivity contribution in [2.45, 2.75) is 33.2 Å². The van der Waals surface area contributed by atoms with E-state index in [0.29, 0.717) is 17.1 Å². The minimum atomic E-state index is -1.09. The summed E-state index contributed by atoms with van der Waals surface area (Å²) in [6, 6.07) is 7.00. The second kappa shape index (κ2) is 5.69. The van der Waals surface area contributed by atoms with E-state index in [2.05, 4.69) is 4.57 Å². The van der Waals surface area contributed by atoms with E-state index in [1.165, 1.54) is 0 Å². The molecular formula is C20H20N2O4. The van der Waals surface area contributed by atoms with Gasteiger partial charge in [0.2, 0.25) is 5.76 Å². The molecule has 0 saturated carbocycles. The van der Waals surface area contributed by atoms with Crippen LogP contribution in [0.2, 0.25) is 0 Å². The number of hydrogen-bond acceptors (Lipinski definition) is 4. The molecular weight excluding hydrogens is 332 g/mol. The molecule has 4 rings (SSSR count). The number of fused-ring (bicyclic) bond motifs is 1. The van der Waals surface area contributed by atoms with Crippen molar-refractivity contribution in [1.82, 2.24) is 4.57 Å². The number of phenols is 1. The maximum Gasteiger partial charge on any atom is 0.372 e. The Kier molecular flexibility index (Phi) is 3.57. The third kappa shape index (κ3) is 2.22. The number of hydrogen-bond donors (Lipinski definition) is 3. The summed E-state index contributed by atoms with van der Waals surface area (Å²) in [6.07, 6.45) is 1.93. The van der Waals surface area contributed by atoms with E-state index in [0.717, 1.165) is 47.3 Å². The van der Waals surface area contributed by atoms with Gasteiger partial charge in [-0.2, -0.15) is 0 Å². The Labute approximate surface area is 150 Å². The van der Waals surface area contributed by atoms with Crippen LogP contribution < -0.4 is 5.73 Å². The van der Waals surface area contributed by atoms with Crippen molar-refractivity contribution < 1.29 is 19.4 Å². The molecule has 3 aromatic rings. The maximum atomic E-state index is 11.5. The normalized spacial score (nSPS) is 13.2. The second-order valence-electron chi connectivity index (χ2n) is 6.68. The molecule has 0 spiro atoms. The van der Waals surface area contributed by atoms with Gasteiger partial charge in [0.25, 0.3) is 0 Å². The monoisotopic (exact) mass is 352 g/mol. The minimum absolute atomic E-state index is 0.0556. The number of nitrogen functional groups attached to an aromatic ring is 1. The average Bonchev–Trinajstić information content (AvgIpc) is 3.24. The summed E-state index contributed by atoms with van der Waals surface area (Å²) in [5, 5.41) is 19.0. The quantitative estimate of drug-likeness (QED) is 0.662. The number of furan rings is 1. The molecule has 0 aliphatic carbocycles. The SMILES string of the molecule is Cc1oc(C(=O)O)c(C)c1-c1c(-c2ccc(O)cc2)c2n(c1N)CCC2. The maximum absolute atomic E-state index is 11.5. The molecule has 0 amide bonds. The molecule has 0 saturated heterocycles. The number of aromatic hydroxyl groups is 1. The van der Waals surface area contributed by atoms with E-state index in [9.17, 15) is 15.0 Å². The topological polar surface area (TPSA) is 102 Å². The molecule has 0 bridgehead atoms. The highest BCUT2D eigenvalue weighted by Gasteiger charge is 2.31. The van der Waals surface area contributed by atoms with Gasteiger partial charge < -0.3 is 24.9 Å². The van der Waals surface area contributed by atoms with Crippen molar-refractivity contribution in [1.29, 1.82) is 0 Å². The number of aromatic nitrogens is 1. The van der Waals surface area contributed by atoms with Gasteiger partial charge in [0.15, 0.2) is 0 Å². The highest BCUT2D eigenvalue weighted by Crippen LogP contribution is 2.47. The van der Waals surface area contributed by atoms with Crippen molar-refractivity contribution in [2.24, 2.45) is 0 Å². The fourth-order valence-corrected chi connectivity index (χ4v) is 4.03. The standard InChI is InChI=1S/C20H20N2O4/c1-10-15(11(2)26-18(10)20(24)25)17-16(12-5-7-13(23)8-6-12)14-4-3-9-22(14)19(17)21/h5-8,23H,3-4,9,21H2,1-2H3,(H,24,25). The van der Waals surface area contributed by atoms with Crippen LogP contribution in [0.3, 0.4) is 0 Å². The average molecular weight is 352 g/mol. The minimum Gasteiger partial charge on any atom is -0.508 e. The van der Waals surface area contributed by atoms with Crippen LogP contribution in [0.25, 0.3) is 22.3 Å². The number of aryl methyl sites for hydroxylation is 1. The molecule has 1 aliphatic heterocycles. The van der Waals surface area contributed by atoms with Crippen LogP contribution >= 0.6 is 0 Å². The Morgan fingerprint density at radius 2 is 1.85 bits per heavy atom. The fourth-order valence-electron chi connectivity index (χ4n) is 4.03. The predicted molar refractivity (Wildman–Crippen MR) is 98.4 cm³/mol. The van der Waals surface area contributed by atoms with E-state index >= 15 is 0 Å². The number of carbonyl (C=O) groups is 1. The lowest BCUT2D eigenvalue weighted by molar-refractivity contribution is 0.0660. The molecule has 0 atom stereocenters. The summed E-state index contributed by atoms with van der Waals surface area (Å²) >= 11 is 0. The van der Waals surface area contributed by atoms with Crippen molar-refractivity contribution in [2.75, 3.05) is 5.73 Å². The number of carboxylic acid groups (broad SMARTS) is 1. The molecule has 0 unspecified atom stereocenters. The third-order valence-corrected chi connectivity index (χ3v) is 5.13. The van der Waals surface area contributed by atoms with E-state index in [4.69, 9.17) is 10.2 Å². The van der Waals surface area contributed by atoms with E-state index in [-0.39, 0.29) is 11.5 Å². The van der Waals surface area contributed by atoms with Gasteiger partial charge in [0.1, 0.15) is 17.3 Å². The van der Waals surface area contributed by atoms with E-state index < -0.39 is 5.97 Å². The van der Waals surface area contributed by atoms with Crippen molar-refractivity contribution in [3.8, 4) is 28.0 Å². The van der Waals surface area contributed by atoms with Crippen LogP contribution in [-0.4, -0.2) is 20.7 Å². The first-order chi connectivity index (χ1) is 12.4. The molecule has 134 valence electrons. The van der Waals surface area contributed by atoms with Crippen LogP contribution in [0.1, 0.15) is 34.0 Å². The first kappa shape index (κ1) is 16.3. The van der Waals surface area contributed by atoms with E-state index in [1.807, 2.05) is 12.1 Å². The van der Waals surface area contributed by atoms with Crippen molar-refractivity contribution in [3.63, 3.8) is 0 Å². The number of phenolic OH excluding ortho intramolecular Hbond substituents is 1. The van der Waals surface area contributed by atoms with Gasteiger partial charge in [-0.25, -0.2) is 4.79 Å². The number of aromatic carboxylic acids is 1. The number of rotatable bonds is 3. The largest absolute Gasteiger partial charge is 0.508 e. The summed E-state index contributed by atoms with van der Waals surface area (Å²) in [5.74, 6) is 0.219. The Morgan fingerprint density at radius 1 is 1.15 bits per heavy atom. The Bertz CT molecular complexity index is 1030. The molecule has 3 heterocycles. The lowest BCUT2D eigenvalue weighted by atomic mass is 9.93. The van der Waals surface area contributed by atoms with Gasteiger partial charge in [0, 0.05) is 34.5 Å². The number of nitrogens with two attached hydrogens (primary N) is 1. The first-order valence-electron chi connectivity index (χ1n) is 8.54. The van der Waals surface area contributed by atoms with Crippen LogP contribution in [-0.2, 0) is 13.0 Å². The van der Waals surface area contributed by atoms with Crippen molar-refractivity contribution in [3.05, 3.63) is 47.0 Å². The van der Waals surface area contributed by atoms with Gasteiger partial charge in [-0.05, 0) is 44.4 Å². The van der Waals surface area contributed by atoms with Gasteiger partial charge in [-0.3, -0.25) is 0 Å². The highest BCUT2D eigenvalue weighted by atomic mass is 16.4. The van der Waals surface area contributed by atoms with Gasteiger partial charge in [-0.15, -0.1) is 0 Å². The lowest BCUT2D eigenvalue weighted by Gasteiger charge is -2.09. The lowest BCUT2D eigenvalue weighted by Crippen LogP contribution is -2.00. The summed E-state index contributed by atoms with van der Waals surface area (Å²) in [7, 11) is 0. The second-order valence-corrected chi connectivity index (χ2v) is 6.68. The van der Waals surface area contributed by atoms with Crippen LogP contribution in [0.15, 0.2) is 28.7 Å². The first-order valence-corrected chi connectivity index (χ1v) is 8.54. The molecule has 1 aromatic carbocycles. The Morgan fingerprint density at radius 3 is 2.46 bits per heavy atom. The Hall–Kier alpha value is -3.15. The highest BCUT2D eigenvalue weighted by molar-refractivity contribution is 5.98. The molecule has 2 aromatic heterocycles. The van der Waals surface area contributed by atoms with Gasteiger partial charge in [0.05, 0.1) is 0 Å². The zero-order valence-corrected chi connectivity index (χ0v) is 14.7. The zero-order valence-electron chi connectivity index (χ0n) is 14.7. The number of carboxylic acids is 1. The summed E-state index contributed by atoms with van der Waals surface area (Å²) in [4.78, 5) is 11.5. The smallest absolute Gasteiger partial charge is 0.372 e. The van der Waals surface area contributed by atoms with Gasteiger partial charge >= 0.3 is 5.97 Å².